The number of fused-ring (bicyclic) bond motifs is 5. The fraction of sp³-hybridized carbons (Fsp3) is 0.786. The Morgan fingerprint density at radius 1 is 1.06 bits per heavy atom. The lowest BCUT2D eigenvalue weighted by Gasteiger charge is -2.55. The summed E-state index contributed by atoms with van der Waals surface area (Å²) in [5.74, 6) is 1.06. The number of ether oxygens (including phenoxy) is 1. The van der Waals surface area contributed by atoms with E-state index < -0.39 is 5.60 Å². The van der Waals surface area contributed by atoms with Crippen LogP contribution in [0.25, 0.3) is 0 Å². The standard InChI is InChI=1S/C28H42O4/c1-3-4-5-6-7-8-9-10-26(30)32-25-14-13-23-22-12-11-20-19-21(29)15-18-28(20,31)24(22)16-17-27(23,25)2/h15,18-19,22-25,31H,3-14,16-17H2,1-2H3/t22-,23-,24-,25-,27-,28+/m0/s1. The van der Waals surface area contributed by atoms with Crippen LogP contribution < -0.4 is 0 Å². The summed E-state index contributed by atoms with van der Waals surface area (Å²) in [7, 11) is 0. The summed E-state index contributed by atoms with van der Waals surface area (Å²) >= 11 is 0. The van der Waals surface area contributed by atoms with Gasteiger partial charge in [-0.15, -0.1) is 0 Å². The number of aliphatic hydroxyl groups is 1. The van der Waals surface area contributed by atoms with Crippen LogP contribution in [0.3, 0.4) is 0 Å². The van der Waals surface area contributed by atoms with Gasteiger partial charge in [0, 0.05) is 11.8 Å². The molecule has 32 heavy (non-hydrogen) atoms. The molecule has 0 unspecified atom stereocenters. The number of hydrogen-bond donors (Lipinski definition) is 1. The second-order valence-corrected chi connectivity index (χ2v) is 11.1. The van der Waals surface area contributed by atoms with Crippen LogP contribution in [-0.2, 0) is 14.3 Å². The Labute approximate surface area is 193 Å². The van der Waals surface area contributed by atoms with Crippen LogP contribution in [0.15, 0.2) is 23.8 Å². The van der Waals surface area contributed by atoms with E-state index in [0.717, 1.165) is 56.9 Å². The van der Waals surface area contributed by atoms with Gasteiger partial charge in [0.1, 0.15) is 11.7 Å². The largest absolute Gasteiger partial charge is 0.462 e. The Morgan fingerprint density at radius 3 is 2.59 bits per heavy atom. The van der Waals surface area contributed by atoms with Crippen LogP contribution in [0, 0.1) is 23.2 Å². The van der Waals surface area contributed by atoms with Crippen molar-refractivity contribution in [2.24, 2.45) is 23.2 Å². The van der Waals surface area contributed by atoms with Crippen molar-refractivity contribution in [1.82, 2.24) is 0 Å². The van der Waals surface area contributed by atoms with Crippen molar-refractivity contribution >= 4 is 11.8 Å². The minimum Gasteiger partial charge on any atom is -0.462 e. The third-order valence-corrected chi connectivity index (χ3v) is 9.25. The van der Waals surface area contributed by atoms with Gasteiger partial charge in [0.2, 0.25) is 0 Å². The van der Waals surface area contributed by atoms with Gasteiger partial charge >= 0.3 is 5.97 Å². The summed E-state index contributed by atoms with van der Waals surface area (Å²) in [5.41, 5.74) is -0.0298. The zero-order valence-electron chi connectivity index (χ0n) is 20.1. The summed E-state index contributed by atoms with van der Waals surface area (Å²) in [6, 6.07) is 0. The Bertz CT molecular complexity index is 767. The number of rotatable bonds is 9. The summed E-state index contributed by atoms with van der Waals surface area (Å²) in [5, 5.41) is 11.5. The van der Waals surface area contributed by atoms with E-state index in [0.29, 0.717) is 18.3 Å². The molecule has 4 aliphatic rings. The molecule has 178 valence electrons. The molecule has 3 fully saturated rings. The fourth-order valence-corrected chi connectivity index (χ4v) is 7.43. The highest BCUT2D eigenvalue weighted by Gasteiger charge is 2.60. The van der Waals surface area contributed by atoms with Crippen LogP contribution in [0.1, 0.15) is 104 Å². The molecule has 1 N–H and O–H groups in total. The zero-order valence-corrected chi connectivity index (χ0v) is 20.1. The molecule has 4 heteroatoms. The first-order valence-corrected chi connectivity index (χ1v) is 13.2. The lowest BCUT2D eigenvalue weighted by Crippen LogP contribution is -2.54. The molecule has 4 aliphatic carbocycles. The zero-order chi connectivity index (χ0) is 22.8. The molecule has 0 aromatic rings. The van der Waals surface area contributed by atoms with Gasteiger partial charge in [-0.3, -0.25) is 9.59 Å². The molecule has 0 bridgehead atoms. The fourth-order valence-electron chi connectivity index (χ4n) is 7.43. The van der Waals surface area contributed by atoms with E-state index in [1.54, 1.807) is 18.2 Å². The van der Waals surface area contributed by atoms with Gasteiger partial charge in [0.25, 0.3) is 0 Å². The van der Waals surface area contributed by atoms with Crippen LogP contribution in [0.5, 0.6) is 0 Å². The van der Waals surface area contributed by atoms with Gasteiger partial charge in [0.15, 0.2) is 5.78 Å². The molecule has 0 aliphatic heterocycles. The van der Waals surface area contributed by atoms with Gasteiger partial charge in [-0.05, 0) is 86.5 Å². The van der Waals surface area contributed by atoms with Gasteiger partial charge in [-0.25, -0.2) is 0 Å². The predicted molar refractivity (Wildman–Crippen MR) is 126 cm³/mol. The molecule has 4 rings (SSSR count). The van der Waals surface area contributed by atoms with E-state index in [9.17, 15) is 14.7 Å². The van der Waals surface area contributed by atoms with E-state index in [1.807, 2.05) is 0 Å². The Balaban J connectivity index is 1.31. The van der Waals surface area contributed by atoms with Crippen molar-refractivity contribution in [3.8, 4) is 0 Å². The minimum atomic E-state index is -0.954. The number of allylic oxidation sites excluding steroid dienone is 2. The molecular weight excluding hydrogens is 400 g/mol. The van der Waals surface area contributed by atoms with Crippen molar-refractivity contribution in [3.05, 3.63) is 23.8 Å². The van der Waals surface area contributed by atoms with Crippen LogP contribution in [0.4, 0.5) is 0 Å². The number of ketones is 1. The molecule has 0 heterocycles. The smallest absolute Gasteiger partial charge is 0.306 e. The predicted octanol–water partition coefficient (Wildman–Crippen LogP) is 6.07. The van der Waals surface area contributed by atoms with Gasteiger partial charge in [0.05, 0.1) is 0 Å². The van der Waals surface area contributed by atoms with Crippen LogP contribution in [0.2, 0.25) is 0 Å². The molecule has 0 spiro atoms. The summed E-state index contributed by atoms with van der Waals surface area (Å²) < 4.78 is 6.08. The van der Waals surface area contributed by atoms with Gasteiger partial charge in [-0.1, -0.05) is 52.4 Å². The number of hydrogen-bond acceptors (Lipinski definition) is 4. The van der Waals surface area contributed by atoms with Gasteiger partial charge in [-0.2, -0.15) is 0 Å². The first-order chi connectivity index (χ1) is 15.4. The molecule has 4 nitrogen and oxygen atoms in total. The maximum atomic E-state index is 12.6. The Kier molecular flexibility index (Phi) is 7.29. The molecular formula is C28H42O4. The number of unbranched alkanes of at least 4 members (excludes halogenated alkanes) is 6. The number of carbonyl (C=O) groups excluding carboxylic acids is 2. The molecule has 0 aromatic heterocycles. The highest BCUT2D eigenvalue weighted by molar-refractivity contribution is 6.01. The highest BCUT2D eigenvalue weighted by Crippen LogP contribution is 2.62. The molecule has 3 saturated carbocycles. The molecule has 6 atom stereocenters. The Hall–Kier alpha value is -1.42. The molecule has 0 aromatic carbocycles. The van der Waals surface area contributed by atoms with E-state index >= 15 is 0 Å². The number of carbonyl (C=O) groups is 2. The third kappa shape index (κ3) is 4.49. The van der Waals surface area contributed by atoms with Crippen molar-refractivity contribution in [1.29, 1.82) is 0 Å². The topological polar surface area (TPSA) is 63.6 Å². The average Bonchev–Trinajstić information content (AvgIpc) is 3.10. The molecule has 0 amide bonds. The van der Waals surface area contributed by atoms with E-state index in [4.69, 9.17) is 4.74 Å². The van der Waals surface area contributed by atoms with Crippen molar-refractivity contribution in [2.45, 2.75) is 115 Å². The van der Waals surface area contributed by atoms with Crippen LogP contribution >= 0.6 is 0 Å². The van der Waals surface area contributed by atoms with E-state index in [2.05, 4.69) is 13.8 Å². The quantitative estimate of drug-likeness (QED) is 0.348. The molecule has 0 saturated heterocycles. The second-order valence-electron chi connectivity index (χ2n) is 11.1. The van der Waals surface area contributed by atoms with Crippen LogP contribution in [-0.4, -0.2) is 28.6 Å². The summed E-state index contributed by atoms with van der Waals surface area (Å²) in [6.07, 6.45) is 19.7. The second kappa shape index (κ2) is 9.83. The number of esters is 1. The lowest BCUT2D eigenvalue weighted by molar-refractivity contribution is -0.161. The minimum absolute atomic E-state index is 0.00225. The van der Waals surface area contributed by atoms with Crippen molar-refractivity contribution in [3.63, 3.8) is 0 Å². The van der Waals surface area contributed by atoms with E-state index in [-0.39, 0.29) is 29.2 Å². The molecule has 0 radical (unpaired) electrons. The first kappa shape index (κ1) is 23.7. The lowest BCUT2D eigenvalue weighted by atomic mass is 9.51. The highest BCUT2D eigenvalue weighted by atomic mass is 16.5. The first-order valence-electron chi connectivity index (χ1n) is 13.2. The Morgan fingerprint density at radius 2 is 1.81 bits per heavy atom. The summed E-state index contributed by atoms with van der Waals surface area (Å²) in [6.45, 7) is 4.55. The maximum absolute atomic E-state index is 12.6. The third-order valence-electron chi connectivity index (χ3n) is 9.25. The van der Waals surface area contributed by atoms with Crippen molar-refractivity contribution in [2.75, 3.05) is 0 Å². The summed E-state index contributed by atoms with van der Waals surface area (Å²) in [4.78, 5) is 24.4. The van der Waals surface area contributed by atoms with E-state index in [1.165, 1.54) is 32.1 Å². The van der Waals surface area contributed by atoms with Gasteiger partial charge < -0.3 is 9.84 Å². The average molecular weight is 443 g/mol. The van der Waals surface area contributed by atoms with Crippen molar-refractivity contribution < 1.29 is 19.4 Å². The normalized spacial score (nSPS) is 38.0. The SMILES string of the molecule is CCCCCCCCCC(=O)O[C@H]1CC[C@H]2[C@@H]3CCC4=CC(=O)C=C[C@]4(O)[C@H]3CC[C@]12C. The monoisotopic (exact) mass is 442 g/mol. The maximum Gasteiger partial charge on any atom is 0.306 e.